The van der Waals surface area contributed by atoms with Gasteiger partial charge in [0.15, 0.2) is 0 Å². The Hall–Kier alpha value is -1.91. The van der Waals surface area contributed by atoms with Crippen LogP contribution in [0.1, 0.15) is 11.1 Å². The summed E-state index contributed by atoms with van der Waals surface area (Å²) in [5, 5.41) is 15.6. The van der Waals surface area contributed by atoms with E-state index in [1.165, 1.54) is 15.6 Å². The van der Waals surface area contributed by atoms with Crippen molar-refractivity contribution < 1.29 is 5.11 Å². The Morgan fingerprint density at radius 1 is 1.05 bits per heavy atom. The van der Waals surface area contributed by atoms with Crippen molar-refractivity contribution in [3.8, 4) is 0 Å². The number of thiophene rings is 1. The number of rotatable bonds is 4. The molecule has 2 aromatic heterocycles. The number of nitrogens with zero attached hydrogens (tertiary/aromatic N) is 1. The maximum Gasteiger partial charge on any atom is 0.134 e. The zero-order valence-corrected chi connectivity index (χ0v) is 11.2. The molecule has 0 saturated heterocycles. The summed E-state index contributed by atoms with van der Waals surface area (Å²) in [7, 11) is 0. The molecular weight excluding hydrogens is 256 g/mol. The van der Waals surface area contributed by atoms with Crippen LogP contribution < -0.4 is 5.32 Å². The fourth-order valence-electron chi connectivity index (χ4n) is 1.98. The molecule has 96 valence electrons. The minimum Gasteiger partial charge on any atom is -0.392 e. The van der Waals surface area contributed by atoms with Gasteiger partial charge in [-0.1, -0.05) is 24.3 Å². The van der Waals surface area contributed by atoms with Crippen molar-refractivity contribution in [3.05, 3.63) is 59.1 Å². The van der Waals surface area contributed by atoms with Crippen molar-refractivity contribution in [1.82, 2.24) is 4.98 Å². The summed E-state index contributed by atoms with van der Waals surface area (Å²) < 4.78 is 1.24. The largest absolute Gasteiger partial charge is 0.392 e. The number of benzene rings is 1. The first-order valence-corrected chi connectivity index (χ1v) is 6.99. The molecule has 0 aliphatic carbocycles. The Morgan fingerprint density at radius 2 is 1.84 bits per heavy atom. The van der Waals surface area contributed by atoms with Crippen LogP contribution in [0.3, 0.4) is 0 Å². The zero-order chi connectivity index (χ0) is 13.1. The second-order valence-electron chi connectivity index (χ2n) is 4.32. The maximum absolute atomic E-state index is 9.01. The first kappa shape index (κ1) is 12.1. The van der Waals surface area contributed by atoms with Crippen LogP contribution in [0, 0.1) is 0 Å². The Kier molecular flexibility index (Phi) is 3.44. The topological polar surface area (TPSA) is 45.1 Å². The van der Waals surface area contributed by atoms with Crippen LogP contribution >= 0.6 is 11.3 Å². The molecule has 0 amide bonds. The lowest BCUT2D eigenvalue weighted by atomic mass is 10.1. The summed E-state index contributed by atoms with van der Waals surface area (Å²) in [6.45, 7) is 0.817. The quantitative estimate of drug-likeness (QED) is 0.763. The fourth-order valence-corrected chi connectivity index (χ4v) is 2.77. The van der Waals surface area contributed by atoms with Crippen LogP contribution in [-0.2, 0) is 13.2 Å². The van der Waals surface area contributed by atoms with E-state index in [9.17, 15) is 0 Å². The minimum atomic E-state index is 0.0868. The molecule has 4 heteroatoms. The van der Waals surface area contributed by atoms with Gasteiger partial charge in [0.2, 0.25) is 0 Å². The predicted octanol–water partition coefficient (Wildman–Crippen LogP) is 3.40. The van der Waals surface area contributed by atoms with Gasteiger partial charge in [-0.25, -0.2) is 4.98 Å². The Balaban J connectivity index is 1.76. The SMILES string of the molecule is OCc1ccc(CNc2nccc3sccc23)cc1. The van der Waals surface area contributed by atoms with E-state index in [0.29, 0.717) is 0 Å². The summed E-state index contributed by atoms with van der Waals surface area (Å²) in [5.41, 5.74) is 2.10. The molecule has 0 unspecified atom stereocenters. The lowest BCUT2D eigenvalue weighted by molar-refractivity contribution is 0.282. The van der Waals surface area contributed by atoms with E-state index >= 15 is 0 Å². The molecule has 0 saturated carbocycles. The van der Waals surface area contributed by atoms with Crippen LogP contribution in [0.15, 0.2) is 48.0 Å². The lowest BCUT2D eigenvalue weighted by Gasteiger charge is -2.07. The molecule has 3 rings (SSSR count). The third-order valence-electron chi connectivity index (χ3n) is 3.05. The molecule has 0 radical (unpaired) electrons. The van der Waals surface area contributed by atoms with Gasteiger partial charge in [-0.3, -0.25) is 0 Å². The van der Waals surface area contributed by atoms with Crippen LogP contribution in [0.4, 0.5) is 5.82 Å². The van der Waals surface area contributed by atoms with Gasteiger partial charge in [-0.05, 0) is 28.6 Å². The molecule has 0 spiro atoms. The number of fused-ring (bicyclic) bond motifs is 1. The number of hydrogen-bond acceptors (Lipinski definition) is 4. The van der Waals surface area contributed by atoms with E-state index in [1.807, 2.05) is 36.5 Å². The molecular formula is C15H14N2OS. The molecule has 3 nitrogen and oxygen atoms in total. The molecule has 0 bridgehead atoms. The average Bonchev–Trinajstić information content (AvgIpc) is 2.94. The second-order valence-corrected chi connectivity index (χ2v) is 5.27. The van der Waals surface area contributed by atoms with Crippen molar-refractivity contribution in [3.63, 3.8) is 0 Å². The smallest absolute Gasteiger partial charge is 0.134 e. The van der Waals surface area contributed by atoms with Gasteiger partial charge >= 0.3 is 0 Å². The van der Waals surface area contributed by atoms with Gasteiger partial charge in [-0.15, -0.1) is 11.3 Å². The normalized spacial score (nSPS) is 10.8. The zero-order valence-electron chi connectivity index (χ0n) is 10.3. The predicted molar refractivity (Wildman–Crippen MR) is 79.3 cm³/mol. The fraction of sp³-hybridized carbons (Fsp3) is 0.133. The minimum absolute atomic E-state index is 0.0868. The molecule has 2 N–H and O–H groups in total. The number of nitrogens with one attached hydrogen (secondary N) is 1. The maximum atomic E-state index is 9.01. The highest BCUT2D eigenvalue weighted by Crippen LogP contribution is 2.26. The van der Waals surface area contributed by atoms with Gasteiger partial charge in [0.1, 0.15) is 5.82 Å². The van der Waals surface area contributed by atoms with E-state index in [0.717, 1.165) is 17.9 Å². The van der Waals surface area contributed by atoms with E-state index in [4.69, 9.17) is 5.11 Å². The van der Waals surface area contributed by atoms with Gasteiger partial charge in [0, 0.05) is 22.8 Å². The third kappa shape index (κ3) is 2.59. The molecule has 19 heavy (non-hydrogen) atoms. The molecule has 1 aromatic carbocycles. The van der Waals surface area contributed by atoms with E-state index in [-0.39, 0.29) is 6.61 Å². The average molecular weight is 270 g/mol. The first-order valence-electron chi connectivity index (χ1n) is 6.11. The van der Waals surface area contributed by atoms with Gasteiger partial charge in [0.25, 0.3) is 0 Å². The standard InChI is InChI=1S/C15H14N2OS/c18-10-12-3-1-11(2-4-12)9-17-15-13-6-8-19-14(13)5-7-16-15/h1-8,18H,9-10H2,(H,16,17). The third-order valence-corrected chi connectivity index (χ3v) is 3.93. The van der Waals surface area contributed by atoms with Crippen molar-refractivity contribution in [2.75, 3.05) is 5.32 Å². The van der Waals surface area contributed by atoms with Gasteiger partial charge in [-0.2, -0.15) is 0 Å². The van der Waals surface area contributed by atoms with Crippen molar-refractivity contribution in [2.24, 2.45) is 0 Å². The molecule has 0 fully saturated rings. The molecule has 0 aliphatic heterocycles. The summed E-state index contributed by atoms with van der Waals surface area (Å²) in [6.07, 6.45) is 1.83. The molecule has 0 aliphatic rings. The van der Waals surface area contributed by atoms with E-state index in [1.54, 1.807) is 11.3 Å². The number of aromatic nitrogens is 1. The highest BCUT2D eigenvalue weighted by molar-refractivity contribution is 7.17. The number of pyridine rings is 1. The first-order chi connectivity index (χ1) is 9.36. The van der Waals surface area contributed by atoms with Crippen LogP contribution in [-0.4, -0.2) is 10.1 Å². The highest BCUT2D eigenvalue weighted by atomic mass is 32.1. The summed E-state index contributed by atoms with van der Waals surface area (Å²) in [5.74, 6) is 0.921. The molecule has 2 heterocycles. The summed E-state index contributed by atoms with van der Waals surface area (Å²) >= 11 is 1.72. The van der Waals surface area contributed by atoms with Crippen LogP contribution in [0.5, 0.6) is 0 Å². The number of aliphatic hydroxyl groups excluding tert-OH is 1. The van der Waals surface area contributed by atoms with E-state index < -0.39 is 0 Å². The Morgan fingerprint density at radius 3 is 2.63 bits per heavy atom. The van der Waals surface area contributed by atoms with Gasteiger partial charge < -0.3 is 10.4 Å². The molecule has 3 aromatic rings. The van der Waals surface area contributed by atoms with Crippen molar-refractivity contribution >= 4 is 27.2 Å². The van der Waals surface area contributed by atoms with Crippen LogP contribution in [0.25, 0.3) is 10.1 Å². The number of anilines is 1. The van der Waals surface area contributed by atoms with Crippen molar-refractivity contribution in [2.45, 2.75) is 13.2 Å². The summed E-state index contributed by atoms with van der Waals surface area (Å²) in [6, 6.07) is 12.0. The highest BCUT2D eigenvalue weighted by Gasteiger charge is 2.02. The Labute approximate surface area is 115 Å². The second kappa shape index (κ2) is 5.38. The van der Waals surface area contributed by atoms with Crippen molar-refractivity contribution in [1.29, 1.82) is 0 Å². The lowest BCUT2D eigenvalue weighted by Crippen LogP contribution is -2.01. The molecule has 0 atom stereocenters. The Bertz CT molecular complexity index is 676. The summed E-state index contributed by atoms with van der Waals surface area (Å²) in [4.78, 5) is 4.38. The monoisotopic (exact) mass is 270 g/mol. The number of aliphatic hydroxyl groups is 1. The van der Waals surface area contributed by atoms with E-state index in [2.05, 4.69) is 21.7 Å². The van der Waals surface area contributed by atoms with Gasteiger partial charge in [0.05, 0.1) is 6.61 Å². The number of hydrogen-bond donors (Lipinski definition) is 2. The van der Waals surface area contributed by atoms with Crippen LogP contribution in [0.2, 0.25) is 0 Å².